The average Bonchev–Trinajstić information content (AvgIpc) is 2.72. The van der Waals surface area contributed by atoms with E-state index in [0.717, 1.165) is 15.9 Å². The molecule has 0 N–H and O–H groups in total. The molecule has 0 aliphatic heterocycles. The minimum absolute atomic E-state index is 1.02. The Balaban J connectivity index is 2.20. The standard InChI is InChI=1S/C19H16P.C2HF3O2.Hg/c1-20(17-11-5-2-6-12-17,18-13-7-3-8-14-18)19-15-9-4-10-16-19;3-2(4,5)1(6)7;/h1-16H;(H,6,7);/q;;+1/p-1. The van der Waals surface area contributed by atoms with E-state index in [4.69, 9.17) is 2.64 Å². The molecule has 0 saturated carbocycles. The number of hydrogen-bond acceptors (Lipinski definition) is 2. The molecule has 2 nitrogen and oxygen atoms in total. The Labute approximate surface area is 174 Å². The van der Waals surface area contributed by atoms with Gasteiger partial charge in [0.2, 0.25) is 0 Å². The Bertz CT molecular complexity index is 871. The van der Waals surface area contributed by atoms with Gasteiger partial charge >= 0.3 is 175 Å². The topological polar surface area (TPSA) is 26.3 Å². The summed E-state index contributed by atoms with van der Waals surface area (Å²) >= 11 is -2.77. The van der Waals surface area contributed by atoms with Crippen molar-refractivity contribution in [2.45, 2.75) is 6.18 Å². The van der Waals surface area contributed by atoms with Gasteiger partial charge in [-0.25, -0.2) is 0 Å². The van der Waals surface area contributed by atoms with E-state index in [9.17, 15) is 18.0 Å². The molecule has 0 aliphatic carbocycles. The van der Waals surface area contributed by atoms with Gasteiger partial charge in [0, 0.05) is 0 Å². The molecule has 3 aromatic rings. The molecule has 28 heavy (non-hydrogen) atoms. The number of carbonyl (C=O) groups excluding carboxylic acids is 1. The van der Waals surface area contributed by atoms with Crippen LogP contribution in [0.1, 0.15) is 0 Å². The van der Waals surface area contributed by atoms with Crippen molar-refractivity contribution in [3.63, 3.8) is 0 Å². The van der Waals surface area contributed by atoms with Crippen LogP contribution in [0.4, 0.5) is 13.2 Å². The first-order valence-electron chi connectivity index (χ1n) is 8.58. The van der Waals surface area contributed by atoms with E-state index in [1.807, 2.05) is 94.3 Å². The predicted molar refractivity (Wildman–Crippen MR) is 103 cm³/mol. The van der Waals surface area contributed by atoms with E-state index in [1.165, 1.54) is 0 Å². The number of hydrogen-bond donors (Lipinski definition) is 0. The van der Waals surface area contributed by atoms with Crippen LogP contribution in [0, 0.1) is 0 Å². The van der Waals surface area contributed by atoms with Crippen molar-refractivity contribution in [1.82, 2.24) is 0 Å². The fraction of sp³-hybridized carbons (Fsp3) is 0.0476. The van der Waals surface area contributed by atoms with E-state index in [1.54, 1.807) is 0 Å². The van der Waals surface area contributed by atoms with Crippen molar-refractivity contribution in [2.75, 3.05) is 0 Å². The molecule has 0 heterocycles. The van der Waals surface area contributed by atoms with Gasteiger partial charge in [0.05, 0.1) is 0 Å². The SMILES string of the molecule is O=C([O][Hg][CH]=P(c1ccccc1)(c1ccccc1)c1ccccc1)C(F)(F)F. The van der Waals surface area contributed by atoms with Crippen LogP contribution < -0.4 is 15.9 Å². The fourth-order valence-corrected chi connectivity index (χ4v) is 18.9. The maximum absolute atomic E-state index is 12.6. The number of halogens is 3. The van der Waals surface area contributed by atoms with Crippen LogP contribution in [0.5, 0.6) is 0 Å². The van der Waals surface area contributed by atoms with Gasteiger partial charge in [-0.1, -0.05) is 0 Å². The van der Waals surface area contributed by atoms with Crippen LogP contribution in [-0.2, 0) is 32.5 Å². The maximum atomic E-state index is 12.6. The van der Waals surface area contributed by atoms with Crippen LogP contribution in [0.2, 0.25) is 0 Å². The van der Waals surface area contributed by atoms with Gasteiger partial charge in [-0.2, -0.15) is 0 Å². The summed E-state index contributed by atoms with van der Waals surface area (Å²) in [5, 5.41) is 3.07. The zero-order chi connectivity index (χ0) is 20.0. The van der Waals surface area contributed by atoms with Crippen molar-refractivity contribution in [3.8, 4) is 0 Å². The average molecular weight is 589 g/mol. The third-order valence-corrected chi connectivity index (χ3v) is 18.1. The predicted octanol–water partition coefficient (Wildman–Crippen LogP) is 3.84. The summed E-state index contributed by atoms with van der Waals surface area (Å²) < 4.78 is 44.5. The van der Waals surface area contributed by atoms with Crippen LogP contribution in [0.3, 0.4) is 0 Å². The first kappa shape index (κ1) is 20.9. The summed E-state index contributed by atoms with van der Waals surface area (Å²) in [5.74, 6) is -2.09. The zero-order valence-corrected chi connectivity index (χ0v) is 21.2. The van der Waals surface area contributed by atoms with E-state index in [0.29, 0.717) is 0 Å². The molecule has 3 rings (SSSR count). The molecule has 0 aliphatic rings. The van der Waals surface area contributed by atoms with Crippen molar-refractivity contribution in [2.24, 2.45) is 0 Å². The Morgan fingerprint density at radius 3 is 1.43 bits per heavy atom. The van der Waals surface area contributed by atoms with Crippen LogP contribution >= 0.6 is 6.89 Å². The van der Waals surface area contributed by atoms with E-state index in [2.05, 4.69) is 0 Å². The molecule has 0 spiro atoms. The molecule has 3 aromatic carbocycles. The second-order valence-electron chi connectivity index (χ2n) is 6.01. The summed E-state index contributed by atoms with van der Waals surface area (Å²) in [6.07, 6.45) is -4.96. The first-order valence-corrected chi connectivity index (χ1v) is 15.9. The number of carbonyl (C=O) groups is 1. The minimum atomic E-state index is -4.96. The Morgan fingerprint density at radius 2 is 1.11 bits per heavy atom. The van der Waals surface area contributed by atoms with Gasteiger partial charge in [0.1, 0.15) is 0 Å². The summed E-state index contributed by atoms with van der Waals surface area (Å²) in [4.78, 5) is 11.3. The number of benzene rings is 3. The van der Waals surface area contributed by atoms with Crippen molar-refractivity contribution < 1.29 is 45.6 Å². The molecule has 0 radical (unpaired) electrons. The molecule has 0 fully saturated rings. The van der Waals surface area contributed by atoms with E-state index < -0.39 is 44.1 Å². The van der Waals surface area contributed by atoms with Gasteiger partial charge in [0.25, 0.3) is 0 Å². The van der Waals surface area contributed by atoms with Gasteiger partial charge in [-0.05, 0) is 0 Å². The van der Waals surface area contributed by atoms with Crippen molar-refractivity contribution >= 4 is 32.1 Å². The quantitative estimate of drug-likeness (QED) is 0.335. The van der Waals surface area contributed by atoms with Gasteiger partial charge in [-0.3, -0.25) is 0 Å². The third kappa shape index (κ3) is 4.58. The van der Waals surface area contributed by atoms with E-state index >= 15 is 0 Å². The van der Waals surface area contributed by atoms with Crippen molar-refractivity contribution in [3.05, 3.63) is 91.0 Å². The van der Waals surface area contributed by atoms with Crippen LogP contribution in [0.25, 0.3) is 0 Å². The number of alkyl halides is 3. The normalized spacial score (nSPS) is 11.4. The molecule has 0 atom stereocenters. The van der Waals surface area contributed by atoms with Crippen LogP contribution in [-0.4, -0.2) is 15.5 Å². The van der Waals surface area contributed by atoms with Crippen molar-refractivity contribution in [1.29, 1.82) is 0 Å². The van der Waals surface area contributed by atoms with E-state index in [-0.39, 0.29) is 0 Å². The molecular formula is C21H16F3HgO2P. The molecular weight excluding hydrogens is 573 g/mol. The summed E-state index contributed by atoms with van der Waals surface area (Å²) in [6, 6.07) is 29.2. The molecule has 0 bridgehead atoms. The van der Waals surface area contributed by atoms with Gasteiger partial charge in [0.15, 0.2) is 0 Å². The second kappa shape index (κ2) is 9.10. The molecule has 0 aromatic heterocycles. The summed E-state index contributed by atoms with van der Waals surface area (Å²) in [5.41, 5.74) is 0. The Morgan fingerprint density at radius 1 is 0.750 bits per heavy atom. The zero-order valence-electron chi connectivity index (χ0n) is 14.8. The molecule has 0 amide bonds. The van der Waals surface area contributed by atoms with Gasteiger partial charge < -0.3 is 0 Å². The molecule has 0 saturated heterocycles. The van der Waals surface area contributed by atoms with Crippen LogP contribution in [0.15, 0.2) is 91.0 Å². The Hall–Kier alpha value is -1.84. The fourth-order valence-electron chi connectivity index (χ4n) is 3.06. The molecule has 140 valence electrons. The second-order valence-corrected chi connectivity index (χ2v) is 16.0. The summed E-state index contributed by atoms with van der Waals surface area (Å²) in [7, 11) is 0. The number of rotatable bonds is 5. The first-order chi connectivity index (χ1) is 13.4. The monoisotopic (exact) mass is 590 g/mol. The van der Waals surface area contributed by atoms with Gasteiger partial charge in [-0.15, -0.1) is 0 Å². The molecule has 0 unspecified atom stereocenters. The Kier molecular flexibility index (Phi) is 6.79. The summed E-state index contributed by atoms with van der Waals surface area (Å²) in [6.45, 7) is -2.33. The molecule has 7 heteroatoms. The third-order valence-electron chi connectivity index (χ3n) is 4.28.